The average molecular weight is 514 g/mol. The summed E-state index contributed by atoms with van der Waals surface area (Å²) in [6.45, 7) is 3.06. The van der Waals surface area contributed by atoms with E-state index in [4.69, 9.17) is 0 Å². The minimum absolute atomic E-state index is 0.0532. The number of piperazine rings is 1. The van der Waals surface area contributed by atoms with Crippen LogP contribution in [0.1, 0.15) is 32.0 Å². The van der Waals surface area contributed by atoms with Gasteiger partial charge in [0.15, 0.2) is 0 Å². The third-order valence-electron chi connectivity index (χ3n) is 6.29. The zero-order chi connectivity index (χ0) is 26.9. The number of hydrogen-bond acceptors (Lipinski definition) is 5. The lowest BCUT2D eigenvalue weighted by Gasteiger charge is -2.35. The first-order chi connectivity index (χ1) is 17.5. The van der Waals surface area contributed by atoms with Crippen molar-refractivity contribution in [2.45, 2.75) is 13.1 Å². The zero-order valence-corrected chi connectivity index (χ0v) is 20.6. The number of amides is 2. The van der Waals surface area contributed by atoms with Crippen LogP contribution in [0.4, 0.5) is 19.0 Å². The number of benzene rings is 1. The maximum absolute atomic E-state index is 13.6. The van der Waals surface area contributed by atoms with Gasteiger partial charge in [-0.25, -0.2) is 4.98 Å². The Morgan fingerprint density at radius 2 is 1.65 bits per heavy atom. The molecule has 194 valence electrons. The van der Waals surface area contributed by atoms with Gasteiger partial charge in [-0.1, -0.05) is 12.1 Å². The van der Waals surface area contributed by atoms with E-state index in [1.807, 2.05) is 23.1 Å². The first kappa shape index (κ1) is 25.9. The SMILES string of the molecule is Cc1c(C(=O)N(C)C)cc(C(=O)N2CCN(c3ccccn3)CC2)c(=O)n1-c1cccc(C(F)(F)F)c1. The van der Waals surface area contributed by atoms with Crippen molar-refractivity contribution in [1.29, 1.82) is 0 Å². The van der Waals surface area contributed by atoms with Crippen molar-refractivity contribution in [3.05, 3.63) is 87.5 Å². The fraction of sp³-hybridized carbons (Fsp3) is 0.308. The molecule has 0 spiro atoms. The molecule has 0 N–H and O–H groups in total. The summed E-state index contributed by atoms with van der Waals surface area (Å²) in [5.74, 6) is -0.290. The Bertz CT molecular complexity index is 1380. The highest BCUT2D eigenvalue weighted by Gasteiger charge is 2.32. The Balaban J connectivity index is 1.75. The second-order valence-corrected chi connectivity index (χ2v) is 8.91. The lowest BCUT2D eigenvalue weighted by molar-refractivity contribution is -0.137. The van der Waals surface area contributed by atoms with Gasteiger partial charge >= 0.3 is 6.18 Å². The van der Waals surface area contributed by atoms with Crippen LogP contribution < -0.4 is 10.5 Å². The number of carbonyl (C=O) groups is 2. The summed E-state index contributed by atoms with van der Waals surface area (Å²) in [6.07, 6.45) is -2.95. The van der Waals surface area contributed by atoms with Gasteiger partial charge in [-0.3, -0.25) is 19.0 Å². The smallest absolute Gasteiger partial charge is 0.353 e. The van der Waals surface area contributed by atoms with E-state index in [1.165, 1.54) is 49.0 Å². The zero-order valence-electron chi connectivity index (χ0n) is 20.6. The minimum Gasteiger partial charge on any atom is -0.353 e. The number of rotatable bonds is 4. The summed E-state index contributed by atoms with van der Waals surface area (Å²) in [5, 5.41) is 0. The molecule has 11 heteroatoms. The standard InChI is InChI=1S/C26H26F3N5O3/c1-17-20(23(35)31(2)3)16-21(25(37)34(17)19-8-6-7-18(15-19)26(27,28)29)24(36)33-13-11-32(12-14-33)22-9-4-5-10-30-22/h4-10,15-16H,11-14H2,1-3H3. The van der Waals surface area contributed by atoms with Crippen LogP contribution in [-0.4, -0.2) is 71.4 Å². The van der Waals surface area contributed by atoms with E-state index in [2.05, 4.69) is 4.98 Å². The predicted molar refractivity (Wildman–Crippen MR) is 132 cm³/mol. The van der Waals surface area contributed by atoms with Crippen molar-refractivity contribution in [2.24, 2.45) is 0 Å². The van der Waals surface area contributed by atoms with E-state index in [-0.39, 0.29) is 22.5 Å². The molecule has 0 atom stereocenters. The van der Waals surface area contributed by atoms with E-state index in [0.717, 1.165) is 22.5 Å². The Labute approximate surface area is 211 Å². The number of halogens is 3. The number of alkyl halides is 3. The van der Waals surface area contributed by atoms with Crippen LogP contribution >= 0.6 is 0 Å². The minimum atomic E-state index is -4.63. The van der Waals surface area contributed by atoms with Crippen LogP contribution in [0.2, 0.25) is 0 Å². The molecule has 8 nitrogen and oxygen atoms in total. The highest BCUT2D eigenvalue weighted by Crippen LogP contribution is 2.30. The van der Waals surface area contributed by atoms with Crippen LogP contribution in [0.3, 0.4) is 0 Å². The maximum atomic E-state index is 13.6. The van der Waals surface area contributed by atoms with Gasteiger partial charge in [0.2, 0.25) is 0 Å². The fourth-order valence-corrected chi connectivity index (χ4v) is 4.30. The van der Waals surface area contributed by atoms with E-state index >= 15 is 0 Å². The monoisotopic (exact) mass is 513 g/mol. The molecule has 0 unspecified atom stereocenters. The maximum Gasteiger partial charge on any atom is 0.416 e. The van der Waals surface area contributed by atoms with Gasteiger partial charge in [0.1, 0.15) is 11.4 Å². The van der Waals surface area contributed by atoms with E-state index < -0.39 is 29.1 Å². The quantitative estimate of drug-likeness (QED) is 0.536. The van der Waals surface area contributed by atoms with Gasteiger partial charge in [0, 0.05) is 57.9 Å². The van der Waals surface area contributed by atoms with Gasteiger partial charge in [-0.2, -0.15) is 13.2 Å². The molecule has 1 aromatic carbocycles. The highest BCUT2D eigenvalue weighted by molar-refractivity contribution is 6.00. The Hall–Kier alpha value is -4.15. The van der Waals surface area contributed by atoms with Crippen LogP contribution in [0.15, 0.2) is 59.5 Å². The summed E-state index contributed by atoms with van der Waals surface area (Å²) in [4.78, 5) is 49.1. The number of hydrogen-bond donors (Lipinski definition) is 0. The molecule has 1 fully saturated rings. The van der Waals surface area contributed by atoms with Gasteiger partial charge in [0.25, 0.3) is 17.4 Å². The van der Waals surface area contributed by atoms with Crippen molar-refractivity contribution >= 4 is 17.6 Å². The topological polar surface area (TPSA) is 78.8 Å². The van der Waals surface area contributed by atoms with E-state index in [0.29, 0.717) is 26.2 Å². The van der Waals surface area contributed by atoms with Crippen molar-refractivity contribution in [2.75, 3.05) is 45.2 Å². The van der Waals surface area contributed by atoms with E-state index in [9.17, 15) is 27.6 Å². The summed E-state index contributed by atoms with van der Waals surface area (Å²) >= 11 is 0. The predicted octanol–water partition coefficient (Wildman–Crippen LogP) is 3.22. The Morgan fingerprint density at radius 3 is 2.24 bits per heavy atom. The molecule has 0 saturated carbocycles. The third kappa shape index (κ3) is 5.20. The molecular formula is C26H26F3N5O3. The Morgan fingerprint density at radius 1 is 0.946 bits per heavy atom. The average Bonchev–Trinajstić information content (AvgIpc) is 2.88. The van der Waals surface area contributed by atoms with Crippen molar-refractivity contribution in [3.8, 4) is 5.69 Å². The van der Waals surface area contributed by atoms with E-state index in [1.54, 1.807) is 6.20 Å². The molecule has 3 heterocycles. The number of aromatic nitrogens is 2. The van der Waals surface area contributed by atoms with Gasteiger partial charge < -0.3 is 14.7 Å². The summed E-state index contributed by atoms with van der Waals surface area (Å²) in [7, 11) is 3.03. The van der Waals surface area contributed by atoms with Crippen LogP contribution in [0, 0.1) is 6.92 Å². The first-order valence-electron chi connectivity index (χ1n) is 11.6. The molecule has 3 aromatic rings. The van der Waals surface area contributed by atoms with Gasteiger partial charge in [0.05, 0.1) is 11.1 Å². The van der Waals surface area contributed by atoms with Crippen molar-refractivity contribution in [3.63, 3.8) is 0 Å². The molecule has 0 radical (unpaired) electrons. The lowest BCUT2D eigenvalue weighted by Crippen LogP contribution is -2.50. The molecule has 2 aromatic heterocycles. The van der Waals surface area contributed by atoms with Crippen LogP contribution in [0.5, 0.6) is 0 Å². The summed E-state index contributed by atoms with van der Waals surface area (Å²) < 4.78 is 41.2. The third-order valence-corrected chi connectivity index (χ3v) is 6.29. The molecule has 4 rings (SSSR count). The number of carbonyl (C=O) groups excluding carboxylic acids is 2. The normalized spacial score (nSPS) is 14.0. The highest BCUT2D eigenvalue weighted by atomic mass is 19.4. The molecule has 1 aliphatic heterocycles. The molecule has 37 heavy (non-hydrogen) atoms. The number of nitrogens with zero attached hydrogens (tertiary/aromatic N) is 5. The van der Waals surface area contributed by atoms with Crippen molar-refractivity contribution in [1.82, 2.24) is 19.4 Å². The molecule has 0 aliphatic carbocycles. The fourth-order valence-electron chi connectivity index (χ4n) is 4.30. The summed E-state index contributed by atoms with van der Waals surface area (Å²) in [6, 6.07) is 11.0. The molecule has 2 amide bonds. The van der Waals surface area contributed by atoms with Crippen LogP contribution in [-0.2, 0) is 6.18 Å². The summed E-state index contributed by atoms with van der Waals surface area (Å²) in [5.41, 5.74) is -1.90. The molecule has 1 saturated heterocycles. The Kier molecular flexibility index (Phi) is 7.06. The molecular weight excluding hydrogens is 487 g/mol. The number of anilines is 1. The van der Waals surface area contributed by atoms with Crippen LogP contribution in [0.25, 0.3) is 5.69 Å². The molecule has 0 bridgehead atoms. The van der Waals surface area contributed by atoms with Gasteiger partial charge in [-0.05, 0) is 43.3 Å². The number of pyridine rings is 2. The first-order valence-corrected chi connectivity index (χ1v) is 11.6. The lowest BCUT2D eigenvalue weighted by atomic mass is 10.1. The molecule has 1 aliphatic rings. The van der Waals surface area contributed by atoms with Crippen molar-refractivity contribution < 1.29 is 22.8 Å². The van der Waals surface area contributed by atoms with Gasteiger partial charge in [-0.15, -0.1) is 0 Å². The second kappa shape index (κ2) is 10.1. The largest absolute Gasteiger partial charge is 0.416 e. The second-order valence-electron chi connectivity index (χ2n) is 8.91.